The van der Waals surface area contributed by atoms with Gasteiger partial charge in [-0.25, -0.2) is 8.42 Å². The Labute approximate surface area is 215 Å². The molecule has 0 radical (unpaired) electrons. The predicted molar refractivity (Wildman–Crippen MR) is 139 cm³/mol. The summed E-state index contributed by atoms with van der Waals surface area (Å²) in [4.78, 5) is 11.1. The molecule has 0 unspecified atom stereocenters. The number of aliphatic carboxylic acids is 1. The maximum absolute atomic E-state index is 12.5. The van der Waals surface area contributed by atoms with Gasteiger partial charge in [-0.05, 0) is 62.9 Å². The third-order valence-corrected chi connectivity index (χ3v) is 9.27. The fourth-order valence-corrected chi connectivity index (χ4v) is 6.39. The topological polar surface area (TPSA) is 119 Å². The molecule has 2 aliphatic rings. The van der Waals surface area contributed by atoms with Crippen molar-refractivity contribution >= 4 is 27.4 Å². The van der Waals surface area contributed by atoms with Gasteiger partial charge in [0.1, 0.15) is 11.6 Å². The quantitative estimate of drug-likeness (QED) is 0.309. The molecular formula is C26H40ClN3O4S. The smallest absolute Gasteiger partial charge is 0.320 e. The van der Waals surface area contributed by atoms with Gasteiger partial charge in [-0.15, -0.1) is 0 Å². The average molecular weight is 526 g/mol. The lowest BCUT2D eigenvalue weighted by molar-refractivity contribution is -0.139. The number of halogens is 1. The molecule has 1 aliphatic heterocycles. The summed E-state index contributed by atoms with van der Waals surface area (Å²) < 4.78 is 24.9. The van der Waals surface area contributed by atoms with E-state index in [0.29, 0.717) is 10.6 Å². The molecule has 35 heavy (non-hydrogen) atoms. The van der Waals surface area contributed by atoms with Gasteiger partial charge in [-0.2, -0.15) is 5.26 Å². The van der Waals surface area contributed by atoms with Gasteiger partial charge < -0.3 is 10.4 Å². The van der Waals surface area contributed by atoms with E-state index in [1.165, 1.54) is 63.5 Å². The summed E-state index contributed by atoms with van der Waals surface area (Å²) in [5.74, 6) is -1.02. The van der Waals surface area contributed by atoms with Gasteiger partial charge in [-0.1, -0.05) is 63.5 Å². The Morgan fingerprint density at radius 2 is 1.83 bits per heavy atom. The first kappa shape index (κ1) is 29.6. The Morgan fingerprint density at radius 3 is 2.34 bits per heavy atom. The monoisotopic (exact) mass is 525 g/mol. The van der Waals surface area contributed by atoms with E-state index < -0.39 is 27.1 Å². The molecule has 0 bridgehead atoms. The van der Waals surface area contributed by atoms with Crippen molar-refractivity contribution in [3.05, 3.63) is 28.8 Å². The van der Waals surface area contributed by atoms with Crippen molar-refractivity contribution in [2.75, 3.05) is 13.1 Å². The lowest BCUT2D eigenvalue weighted by Gasteiger charge is -2.13. The molecule has 1 aromatic rings. The van der Waals surface area contributed by atoms with Crippen molar-refractivity contribution in [1.29, 1.82) is 5.26 Å². The number of carbonyl (C=O) groups is 1. The minimum atomic E-state index is -3.54. The highest BCUT2D eigenvalue weighted by molar-refractivity contribution is 7.92. The number of hydrogen-bond acceptors (Lipinski definition) is 6. The zero-order valence-corrected chi connectivity index (χ0v) is 22.6. The summed E-state index contributed by atoms with van der Waals surface area (Å²) in [7, 11) is -3.54. The molecule has 3 N–H and O–H groups in total. The van der Waals surface area contributed by atoms with Crippen LogP contribution in [0.1, 0.15) is 83.1 Å². The van der Waals surface area contributed by atoms with Gasteiger partial charge in [0.2, 0.25) is 0 Å². The standard InChI is InChI=1S/C14H26N2.C12H14ClNO4S/c1-2-3-4-5-6-7-8-9-12-16-14(13-15)10-11-14;1-7-4-8(13)2-3-11(7)19(17,18)9-5-10(12(15)16)14-6-9/h16H,2-12H2,1H3;2-4,9-10,14H,5-6H2,1H3,(H,15,16)/t;9-,10+/m.1/s1. The van der Waals surface area contributed by atoms with Crippen LogP contribution in [0.5, 0.6) is 0 Å². The highest BCUT2D eigenvalue weighted by Crippen LogP contribution is 2.34. The Hall–Kier alpha value is -1.66. The minimum absolute atomic E-state index is 0.0831. The van der Waals surface area contributed by atoms with Gasteiger partial charge in [0.25, 0.3) is 0 Å². The first-order chi connectivity index (χ1) is 16.6. The van der Waals surface area contributed by atoms with Crippen LogP contribution in [0.4, 0.5) is 0 Å². The molecule has 1 heterocycles. The largest absolute Gasteiger partial charge is 0.480 e. The fourth-order valence-electron chi connectivity index (χ4n) is 4.28. The lowest BCUT2D eigenvalue weighted by Crippen LogP contribution is -2.30. The zero-order chi connectivity index (χ0) is 25.9. The summed E-state index contributed by atoms with van der Waals surface area (Å²) in [5.41, 5.74) is 0.465. The second kappa shape index (κ2) is 14.2. The first-order valence-electron chi connectivity index (χ1n) is 12.8. The molecule has 2 fully saturated rings. The van der Waals surface area contributed by atoms with Gasteiger partial charge in [0, 0.05) is 11.6 Å². The molecule has 1 aromatic carbocycles. The molecule has 9 heteroatoms. The van der Waals surface area contributed by atoms with Crippen LogP contribution in [-0.2, 0) is 14.6 Å². The van der Waals surface area contributed by atoms with Crippen LogP contribution in [0.25, 0.3) is 0 Å². The van der Waals surface area contributed by atoms with E-state index in [1.54, 1.807) is 13.0 Å². The van der Waals surface area contributed by atoms with Crippen molar-refractivity contribution in [1.82, 2.24) is 10.6 Å². The molecule has 0 aromatic heterocycles. The van der Waals surface area contributed by atoms with E-state index in [0.717, 1.165) is 19.4 Å². The Kier molecular flexibility index (Phi) is 12.0. The van der Waals surface area contributed by atoms with E-state index in [2.05, 4.69) is 23.6 Å². The minimum Gasteiger partial charge on any atom is -0.480 e. The lowest BCUT2D eigenvalue weighted by atomic mass is 10.1. The van der Waals surface area contributed by atoms with Crippen molar-refractivity contribution in [2.24, 2.45) is 0 Å². The van der Waals surface area contributed by atoms with Crippen LogP contribution < -0.4 is 10.6 Å². The van der Waals surface area contributed by atoms with Crippen molar-refractivity contribution in [3.8, 4) is 6.07 Å². The Bertz CT molecular complexity index is 973. The van der Waals surface area contributed by atoms with E-state index in [4.69, 9.17) is 22.0 Å². The van der Waals surface area contributed by atoms with Crippen LogP contribution in [0, 0.1) is 18.3 Å². The van der Waals surface area contributed by atoms with Crippen LogP contribution in [0.2, 0.25) is 5.02 Å². The van der Waals surface area contributed by atoms with Crippen molar-refractivity contribution < 1.29 is 18.3 Å². The summed E-state index contributed by atoms with van der Waals surface area (Å²) in [6, 6.07) is 6.16. The number of aryl methyl sites for hydroxylation is 1. The number of nitrogens with one attached hydrogen (secondary N) is 2. The SMILES string of the molecule is CCCCCCCCCCNC1(C#N)CC1.Cc1cc(Cl)ccc1S(=O)(=O)[C@H]1CN[C@H](C(=O)O)C1. The average Bonchev–Trinajstić information content (AvgIpc) is 3.40. The number of carboxylic acid groups (broad SMARTS) is 1. The molecule has 1 aliphatic carbocycles. The number of rotatable bonds is 13. The molecule has 0 spiro atoms. The molecule has 0 amide bonds. The zero-order valence-electron chi connectivity index (χ0n) is 21.0. The highest BCUT2D eigenvalue weighted by Gasteiger charge is 2.42. The van der Waals surface area contributed by atoms with Crippen molar-refractivity contribution in [3.63, 3.8) is 0 Å². The van der Waals surface area contributed by atoms with Crippen LogP contribution in [-0.4, -0.2) is 49.4 Å². The van der Waals surface area contributed by atoms with Gasteiger partial charge in [0.15, 0.2) is 9.84 Å². The molecule has 3 rings (SSSR count). The summed E-state index contributed by atoms with van der Waals surface area (Å²) in [5, 5.41) is 23.6. The van der Waals surface area contributed by atoms with Crippen molar-refractivity contribution in [2.45, 2.75) is 106 Å². The summed E-state index contributed by atoms with van der Waals surface area (Å²) in [6.45, 7) is 5.12. The normalized spacial score (nSPS) is 20.5. The molecule has 1 saturated heterocycles. The molecular weight excluding hydrogens is 486 g/mol. The van der Waals surface area contributed by atoms with Crippen LogP contribution in [0.3, 0.4) is 0 Å². The van der Waals surface area contributed by atoms with Gasteiger partial charge >= 0.3 is 5.97 Å². The number of nitriles is 1. The van der Waals surface area contributed by atoms with E-state index in [1.807, 2.05) is 0 Å². The number of benzene rings is 1. The van der Waals surface area contributed by atoms with Gasteiger partial charge in [-0.3, -0.25) is 10.1 Å². The number of carboxylic acids is 1. The number of nitrogens with zero attached hydrogens (tertiary/aromatic N) is 1. The van der Waals surface area contributed by atoms with E-state index >= 15 is 0 Å². The third-order valence-electron chi connectivity index (χ3n) is 6.73. The Balaban J connectivity index is 0.000000251. The number of unbranched alkanes of at least 4 members (excludes halogenated alkanes) is 7. The summed E-state index contributed by atoms with van der Waals surface area (Å²) in [6.07, 6.45) is 13.1. The molecule has 7 nitrogen and oxygen atoms in total. The summed E-state index contributed by atoms with van der Waals surface area (Å²) >= 11 is 5.81. The van der Waals surface area contributed by atoms with Crippen LogP contribution in [0.15, 0.2) is 23.1 Å². The maximum Gasteiger partial charge on any atom is 0.320 e. The van der Waals surface area contributed by atoms with E-state index in [-0.39, 0.29) is 23.4 Å². The maximum atomic E-state index is 12.5. The molecule has 2 atom stereocenters. The molecule has 1 saturated carbocycles. The van der Waals surface area contributed by atoms with E-state index in [9.17, 15) is 13.2 Å². The number of sulfone groups is 1. The van der Waals surface area contributed by atoms with Crippen LogP contribution >= 0.6 is 11.6 Å². The Morgan fingerprint density at radius 1 is 1.20 bits per heavy atom. The predicted octanol–water partition coefficient (Wildman–Crippen LogP) is 5.01. The van der Waals surface area contributed by atoms with Gasteiger partial charge in [0.05, 0.1) is 16.2 Å². The number of hydrogen-bond donors (Lipinski definition) is 3. The third kappa shape index (κ3) is 9.38. The highest BCUT2D eigenvalue weighted by atomic mass is 35.5. The second-order valence-electron chi connectivity index (χ2n) is 9.71. The molecule has 196 valence electrons. The second-order valence-corrected chi connectivity index (χ2v) is 12.3. The first-order valence-corrected chi connectivity index (χ1v) is 14.7. The fraction of sp³-hybridized carbons (Fsp3) is 0.692.